The standard InChI is InChI=1S/C65H49N5O2/c1-64(2,3)42-29-30-67-61(34-42)69-56-23-15-13-21-47(56)48-27-26-43(37-59(48)69)71-44-35-51-50-38-49-41(32-55(66-7)46-20-12-11-19-45(46)49)33-60(50)72-62(51)52(36-44)63-68-54-22-14-16-24-58(54)70(63)57-28-25-40(31-53(57)65(4,5)6)39-17-9-8-10-18-39/h8-38H,1-6H3. The molecule has 0 N–H and O–H groups in total. The highest BCUT2D eigenvalue weighted by Crippen LogP contribution is 2.46. The van der Waals surface area contributed by atoms with Crippen LogP contribution in [0.5, 0.6) is 11.5 Å². The van der Waals surface area contributed by atoms with E-state index in [4.69, 9.17) is 25.7 Å². The van der Waals surface area contributed by atoms with E-state index in [1.165, 1.54) is 11.1 Å². The largest absolute Gasteiger partial charge is 0.457 e. The Labute approximate surface area is 417 Å². The Kier molecular flexibility index (Phi) is 9.58. The molecule has 0 saturated carbocycles. The first-order valence-corrected chi connectivity index (χ1v) is 24.5. The number of hydrogen-bond acceptors (Lipinski definition) is 4. The minimum Gasteiger partial charge on any atom is -0.457 e. The van der Waals surface area contributed by atoms with Crippen LogP contribution in [0.4, 0.5) is 5.69 Å². The average molecular weight is 932 g/mol. The summed E-state index contributed by atoms with van der Waals surface area (Å²) in [5.41, 5.74) is 12.2. The van der Waals surface area contributed by atoms with Crippen molar-refractivity contribution in [3.63, 3.8) is 0 Å². The van der Waals surface area contributed by atoms with Gasteiger partial charge in [0.05, 0.1) is 39.9 Å². The fourth-order valence-electron chi connectivity index (χ4n) is 10.7. The lowest BCUT2D eigenvalue weighted by Gasteiger charge is -2.25. The third kappa shape index (κ3) is 6.93. The van der Waals surface area contributed by atoms with E-state index in [-0.39, 0.29) is 10.8 Å². The molecule has 72 heavy (non-hydrogen) atoms. The number of ether oxygens (including phenoxy) is 1. The second-order valence-electron chi connectivity index (χ2n) is 21.0. The highest BCUT2D eigenvalue weighted by atomic mass is 16.5. The molecule has 4 heterocycles. The zero-order valence-electron chi connectivity index (χ0n) is 41.0. The van der Waals surface area contributed by atoms with E-state index in [1.807, 2.05) is 36.5 Å². The second-order valence-corrected chi connectivity index (χ2v) is 21.0. The Balaban J connectivity index is 1.07. The van der Waals surface area contributed by atoms with Crippen LogP contribution in [0.2, 0.25) is 0 Å². The Hall–Kier alpha value is -8.99. The first-order valence-electron chi connectivity index (χ1n) is 24.5. The van der Waals surface area contributed by atoms with Gasteiger partial charge in [-0.25, -0.2) is 14.8 Å². The van der Waals surface area contributed by atoms with E-state index < -0.39 is 0 Å². The third-order valence-corrected chi connectivity index (χ3v) is 14.3. The zero-order chi connectivity index (χ0) is 49.0. The van der Waals surface area contributed by atoms with Crippen LogP contribution in [-0.4, -0.2) is 19.1 Å². The quantitative estimate of drug-likeness (QED) is 0.123. The van der Waals surface area contributed by atoms with Gasteiger partial charge in [0.15, 0.2) is 5.69 Å². The SMILES string of the molecule is [C-]#[N+]c1cc2cc3oc4c(-c5nc6ccccc6n5-c5ccc(-c6ccccc6)cc5C(C)(C)C)cc(Oc5ccc6c7ccccc7n(-c7cc(C(C)(C)C)ccn7)c6c5)cc4c3cc2c2ccccc12. The molecule has 0 fully saturated rings. The van der Waals surface area contributed by atoms with Crippen molar-refractivity contribution in [2.75, 3.05) is 0 Å². The molecular weight excluding hydrogens is 883 g/mol. The van der Waals surface area contributed by atoms with Crippen LogP contribution in [-0.2, 0) is 10.8 Å². The van der Waals surface area contributed by atoms with E-state index in [0.29, 0.717) is 28.4 Å². The summed E-state index contributed by atoms with van der Waals surface area (Å²) in [6.45, 7) is 21.6. The molecule has 0 aliphatic rings. The van der Waals surface area contributed by atoms with Crippen LogP contribution < -0.4 is 4.74 Å². The summed E-state index contributed by atoms with van der Waals surface area (Å²) in [6.07, 6.45) is 1.91. The van der Waals surface area contributed by atoms with E-state index in [2.05, 4.69) is 207 Å². The monoisotopic (exact) mass is 931 g/mol. The van der Waals surface area contributed by atoms with Gasteiger partial charge in [-0.05, 0) is 140 Å². The Bertz CT molecular complexity index is 4400. The topological polar surface area (TPSA) is 62.4 Å². The van der Waals surface area contributed by atoms with Crippen molar-refractivity contribution in [3.05, 3.63) is 211 Å². The molecule has 13 rings (SSSR count). The van der Waals surface area contributed by atoms with Gasteiger partial charge in [0, 0.05) is 33.8 Å². The summed E-state index contributed by atoms with van der Waals surface area (Å²) in [5, 5.41) is 8.02. The molecule has 0 spiro atoms. The maximum Gasteiger partial charge on any atom is 0.195 e. The summed E-state index contributed by atoms with van der Waals surface area (Å²) in [7, 11) is 0. The van der Waals surface area contributed by atoms with Crippen LogP contribution in [0.15, 0.2) is 193 Å². The van der Waals surface area contributed by atoms with Crippen molar-refractivity contribution in [2.24, 2.45) is 0 Å². The molecule has 0 saturated heterocycles. The number of benzene rings is 9. The molecule has 0 radical (unpaired) electrons. The molecule has 0 aliphatic carbocycles. The van der Waals surface area contributed by atoms with E-state index in [9.17, 15) is 0 Å². The van der Waals surface area contributed by atoms with Crippen LogP contribution in [0, 0.1) is 6.57 Å². The van der Waals surface area contributed by atoms with Crippen LogP contribution >= 0.6 is 0 Å². The molecule has 7 heteroatoms. The van der Waals surface area contributed by atoms with Crippen LogP contribution in [0.1, 0.15) is 52.7 Å². The summed E-state index contributed by atoms with van der Waals surface area (Å²) in [4.78, 5) is 14.4. The number of nitrogens with zero attached hydrogens (tertiary/aromatic N) is 5. The summed E-state index contributed by atoms with van der Waals surface area (Å²) in [6, 6.07) is 63.5. The Morgan fingerprint density at radius 1 is 0.528 bits per heavy atom. The molecule has 13 aromatic rings. The van der Waals surface area contributed by atoms with Crippen molar-refractivity contribution >= 4 is 82.0 Å². The van der Waals surface area contributed by atoms with Gasteiger partial charge in [-0.1, -0.05) is 133 Å². The maximum absolute atomic E-state index is 8.07. The van der Waals surface area contributed by atoms with E-state index in [1.54, 1.807) is 0 Å². The molecule has 7 nitrogen and oxygen atoms in total. The van der Waals surface area contributed by atoms with Crippen LogP contribution in [0.25, 0.3) is 115 Å². The molecular formula is C65H49N5O2. The van der Waals surface area contributed by atoms with Gasteiger partial charge in [0.2, 0.25) is 0 Å². The number of rotatable bonds is 6. The highest BCUT2D eigenvalue weighted by Gasteiger charge is 2.27. The summed E-state index contributed by atoms with van der Waals surface area (Å²) >= 11 is 0. The lowest BCUT2D eigenvalue weighted by atomic mass is 9.83. The fourth-order valence-corrected chi connectivity index (χ4v) is 10.7. The molecule has 9 aromatic carbocycles. The predicted octanol–water partition coefficient (Wildman–Crippen LogP) is 18.0. The Morgan fingerprint density at radius 2 is 1.26 bits per heavy atom. The normalized spacial score (nSPS) is 12.3. The van der Waals surface area contributed by atoms with Gasteiger partial charge >= 0.3 is 0 Å². The molecule has 0 atom stereocenters. The Morgan fingerprint density at radius 3 is 2.06 bits per heavy atom. The third-order valence-electron chi connectivity index (χ3n) is 14.3. The van der Waals surface area contributed by atoms with Gasteiger partial charge in [-0.3, -0.25) is 9.13 Å². The second kappa shape index (κ2) is 16.0. The molecule has 0 unspecified atom stereocenters. The number of imidazole rings is 1. The van der Waals surface area contributed by atoms with Crippen molar-refractivity contribution in [3.8, 4) is 45.5 Å². The number of furan rings is 1. The number of aromatic nitrogens is 4. The summed E-state index contributed by atoms with van der Waals surface area (Å²) < 4.78 is 18.8. The van der Waals surface area contributed by atoms with Gasteiger partial charge < -0.3 is 9.15 Å². The van der Waals surface area contributed by atoms with Crippen molar-refractivity contribution < 1.29 is 9.15 Å². The number of fused-ring (bicyclic) bond motifs is 10. The lowest BCUT2D eigenvalue weighted by Crippen LogP contribution is -2.16. The minimum atomic E-state index is -0.236. The molecule has 4 aromatic heterocycles. The average Bonchev–Trinajstić information content (AvgIpc) is 4.06. The molecule has 0 aliphatic heterocycles. The predicted molar refractivity (Wildman–Crippen MR) is 297 cm³/mol. The first-order chi connectivity index (χ1) is 34.9. The van der Waals surface area contributed by atoms with Gasteiger partial charge in [-0.2, -0.15) is 0 Å². The minimum absolute atomic E-state index is 0.0566. The van der Waals surface area contributed by atoms with E-state index in [0.717, 1.165) is 99.2 Å². The van der Waals surface area contributed by atoms with Crippen LogP contribution in [0.3, 0.4) is 0 Å². The van der Waals surface area contributed by atoms with Gasteiger partial charge in [-0.15, -0.1) is 0 Å². The fraction of sp³-hybridized carbons (Fsp3) is 0.123. The first kappa shape index (κ1) is 43.1. The lowest BCUT2D eigenvalue weighted by molar-refractivity contribution is 0.484. The van der Waals surface area contributed by atoms with Gasteiger partial charge in [0.25, 0.3) is 0 Å². The number of para-hydroxylation sites is 3. The van der Waals surface area contributed by atoms with Crippen molar-refractivity contribution in [2.45, 2.75) is 52.4 Å². The highest BCUT2D eigenvalue weighted by molar-refractivity contribution is 6.20. The number of hydrogen-bond donors (Lipinski definition) is 0. The van der Waals surface area contributed by atoms with Crippen molar-refractivity contribution in [1.29, 1.82) is 0 Å². The molecule has 0 amide bonds. The zero-order valence-corrected chi connectivity index (χ0v) is 41.0. The smallest absolute Gasteiger partial charge is 0.195 e. The van der Waals surface area contributed by atoms with Gasteiger partial charge in [0.1, 0.15) is 34.3 Å². The maximum atomic E-state index is 8.07. The molecule has 0 bridgehead atoms. The number of pyridine rings is 1. The summed E-state index contributed by atoms with van der Waals surface area (Å²) in [5.74, 6) is 2.90. The van der Waals surface area contributed by atoms with E-state index >= 15 is 0 Å². The van der Waals surface area contributed by atoms with Crippen molar-refractivity contribution in [1.82, 2.24) is 19.1 Å². The molecule has 346 valence electrons.